The van der Waals surface area contributed by atoms with E-state index < -0.39 is 6.61 Å². The second-order valence-corrected chi connectivity index (χ2v) is 6.93. The van der Waals surface area contributed by atoms with Crippen LogP contribution in [0.25, 0.3) is 0 Å². The molecule has 0 N–H and O–H groups in total. The van der Waals surface area contributed by atoms with Gasteiger partial charge in [-0.15, -0.1) is 11.3 Å². The Morgan fingerprint density at radius 3 is 2.87 bits per heavy atom. The summed E-state index contributed by atoms with van der Waals surface area (Å²) in [4.78, 5) is 15.5. The molecule has 2 aromatic rings. The average molecular weight is 341 g/mol. The fraction of sp³-hybridized carbons (Fsp3) is 0.467. The van der Waals surface area contributed by atoms with Gasteiger partial charge in [-0.2, -0.15) is 13.9 Å². The van der Waals surface area contributed by atoms with Crippen LogP contribution in [-0.2, 0) is 0 Å². The molecule has 0 radical (unpaired) electrons. The summed E-state index contributed by atoms with van der Waals surface area (Å²) in [5, 5.41) is 4.25. The average Bonchev–Trinajstić information content (AvgIpc) is 3.05. The zero-order valence-corrected chi connectivity index (χ0v) is 13.8. The molecular weight excluding hydrogens is 324 g/mol. The number of carbonyl (C=O) groups excluding carboxylic acids is 1. The Kier molecular flexibility index (Phi) is 4.09. The minimum absolute atomic E-state index is 0.0523. The van der Waals surface area contributed by atoms with Gasteiger partial charge in [0.05, 0.1) is 12.2 Å². The number of hydrogen-bond donors (Lipinski definition) is 0. The van der Waals surface area contributed by atoms with Gasteiger partial charge in [0.15, 0.2) is 0 Å². The van der Waals surface area contributed by atoms with E-state index in [1.807, 2.05) is 13.8 Å². The normalized spacial score (nSPS) is 20.7. The molecule has 0 unspecified atom stereocenters. The van der Waals surface area contributed by atoms with E-state index in [9.17, 15) is 13.6 Å². The molecule has 1 amide bonds. The third-order valence-corrected chi connectivity index (χ3v) is 4.91. The van der Waals surface area contributed by atoms with Crippen molar-refractivity contribution in [1.82, 2.24) is 9.78 Å². The fourth-order valence-electron chi connectivity index (χ4n) is 3.00. The molecule has 0 aliphatic carbocycles. The third-order valence-electron chi connectivity index (χ3n) is 3.89. The summed E-state index contributed by atoms with van der Waals surface area (Å²) in [6.45, 7) is 2.78. The number of ether oxygens (including phenoxy) is 1. The predicted octanol–water partition coefficient (Wildman–Crippen LogP) is 3.85. The second kappa shape index (κ2) is 5.92. The number of aromatic nitrogens is 2. The minimum Gasteiger partial charge on any atom is -0.433 e. The van der Waals surface area contributed by atoms with Crippen LogP contribution in [0.2, 0.25) is 0 Å². The summed E-state index contributed by atoms with van der Waals surface area (Å²) < 4.78 is 31.4. The topological polar surface area (TPSA) is 47.4 Å². The molecule has 23 heavy (non-hydrogen) atoms. The largest absolute Gasteiger partial charge is 0.433 e. The number of carbonyl (C=O) groups is 1. The molecule has 124 valence electrons. The van der Waals surface area contributed by atoms with E-state index >= 15 is 0 Å². The molecule has 3 heterocycles. The highest BCUT2D eigenvalue weighted by Crippen LogP contribution is 2.37. The summed E-state index contributed by atoms with van der Waals surface area (Å²) in [6, 6.07) is 3.36. The van der Waals surface area contributed by atoms with Crippen LogP contribution in [0.15, 0.2) is 18.3 Å². The van der Waals surface area contributed by atoms with Crippen molar-refractivity contribution in [2.75, 3.05) is 4.90 Å². The maximum Gasteiger partial charge on any atom is 0.387 e. The predicted molar refractivity (Wildman–Crippen MR) is 83.5 cm³/mol. The zero-order valence-electron chi connectivity index (χ0n) is 13.0. The van der Waals surface area contributed by atoms with Crippen LogP contribution in [0.4, 0.5) is 14.6 Å². The van der Waals surface area contributed by atoms with Crippen molar-refractivity contribution >= 4 is 23.1 Å². The lowest BCUT2D eigenvalue weighted by Gasteiger charge is -2.36. The Morgan fingerprint density at radius 1 is 1.43 bits per heavy atom. The van der Waals surface area contributed by atoms with Crippen molar-refractivity contribution in [2.45, 2.75) is 45.9 Å². The highest BCUT2D eigenvalue weighted by molar-refractivity contribution is 7.14. The SMILES string of the molecule is Cc1cc(OC(F)F)c(C(=O)N2c3ccnn3[C@H](C)C[C@H]2C)s1. The van der Waals surface area contributed by atoms with Gasteiger partial charge in [0.2, 0.25) is 0 Å². The highest BCUT2D eigenvalue weighted by Gasteiger charge is 2.35. The van der Waals surface area contributed by atoms with Gasteiger partial charge in [-0.05, 0) is 33.3 Å². The molecule has 0 spiro atoms. The van der Waals surface area contributed by atoms with Crippen molar-refractivity contribution < 1.29 is 18.3 Å². The molecule has 3 rings (SSSR count). The smallest absolute Gasteiger partial charge is 0.387 e. The van der Waals surface area contributed by atoms with E-state index in [1.54, 1.807) is 28.8 Å². The molecule has 0 fully saturated rings. The maximum absolute atomic E-state index is 13.0. The monoisotopic (exact) mass is 341 g/mol. The van der Waals surface area contributed by atoms with E-state index in [0.717, 1.165) is 22.6 Å². The standard InChI is InChI=1S/C15H17F2N3O2S/c1-8-6-9(2)20-12(4-5-18-20)19(8)14(21)13-11(22-15(16)17)7-10(3)23-13/h4-5,7-9,15H,6H2,1-3H3/t8-,9-/m1/s1. The van der Waals surface area contributed by atoms with Crippen LogP contribution < -0.4 is 9.64 Å². The molecule has 5 nitrogen and oxygen atoms in total. The first kappa shape index (κ1) is 15.9. The molecule has 1 aliphatic heterocycles. The molecule has 1 aliphatic rings. The fourth-order valence-corrected chi connectivity index (χ4v) is 3.88. The van der Waals surface area contributed by atoms with Crippen LogP contribution in [-0.4, -0.2) is 28.3 Å². The number of amides is 1. The Bertz CT molecular complexity index is 728. The van der Waals surface area contributed by atoms with Crippen molar-refractivity contribution in [3.63, 3.8) is 0 Å². The van der Waals surface area contributed by atoms with E-state index in [2.05, 4.69) is 9.84 Å². The van der Waals surface area contributed by atoms with Gasteiger partial charge in [-0.1, -0.05) is 0 Å². The Morgan fingerprint density at radius 2 is 2.17 bits per heavy atom. The maximum atomic E-state index is 13.0. The van der Waals surface area contributed by atoms with E-state index in [1.165, 1.54) is 6.07 Å². The van der Waals surface area contributed by atoms with Crippen LogP contribution in [0, 0.1) is 6.92 Å². The number of alkyl halides is 2. The molecular formula is C15H17F2N3O2S. The van der Waals surface area contributed by atoms with Crippen LogP contribution in [0.5, 0.6) is 5.75 Å². The summed E-state index contributed by atoms with van der Waals surface area (Å²) in [5.41, 5.74) is 0. The van der Waals surface area contributed by atoms with E-state index in [4.69, 9.17) is 0 Å². The van der Waals surface area contributed by atoms with Gasteiger partial charge in [-0.3, -0.25) is 9.69 Å². The molecule has 8 heteroatoms. The van der Waals surface area contributed by atoms with Gasteiger partial charge in [0, 0.05) is 17.0 Å². The van der Waals surface area contributed by atoms with Gasteiger partial charge in [-0.25, -0.2) is 4.68 Å². The van der Waals surface area contributed by atoms with E-state index in [-0.39, 0.29) is 28.6 Å². The van der Waals surface area contributed by atoms with Gasteiger partial charge in [0.1, 0.15) is 16.4 Å². The van der Waals surface area contributed by atoms with Crippen LogP contribution >= 0.6 is 11.3 Å². The highest BCUT2D eigenvalue weighted by atomic mass is 32.1. The molecule has 0 bridgehead atoms. The third kappa shape index (κ3) is 2.83. The van der Waals surface area contributed by atoms with Crippen molar-refractivity contribution in [2.24, 2.45) is 0 Å². The number of rotatable bonds is 3. The molecule has 2 atom stereocenters. The number of aryl methyl sites for hydroxylation is 1. The lowest BCUT2D eigenvalue weighted by atomic mass is 10.1. The molecule has 0 aromatic carbocycles. The number of anilines is 1. The second-order valence-electron chi connectivity index (χ2n) is 5.67. The van der Waals surface area contributed by atoms with Gasteiger partial charge in [0.25, 0.3) is 5.91 Å². The van der Waals surface area contributed by atoms with Crippen molar-refractivity contribution in [1.29, 1.82) is 0 Å². The lowest BCUT2D eigenvalue weighted by Crippen LogP contribution is -2.44. The Labute approximate surface area is 136 Å². The summed E-state index contributed by atoms with van der Waals surface area (Å²) in [5.74, 6) is 0.277. The number of thiophene rings is 1. The van der Waals surface area contributed by atoms with Crippen LogP contribution in [0.1, 0.15) is 40.9 Å². The number of fused-ring (bicyclic) bond motifs is 1. The zero-order chi connectivity index (χ0) is 16.7. The van der Waals surface area contributed by atoms with Gasteiger partial charge >= 0.3 is 6.61 Å². The molecule has 0 saturated heterocycles. The van der Waals surface area contributed by atoms with Gasteiger partial charge < -0.3 is 4.74 Å². The molecule has 0 saturated carbocycles. The first-order chi connectivity index (χ1) is 10.9. The molecule has 2 aromatic heterocycles. The first-order valence-corrected chi connectivity index (χ1v) is 8.12. The number of nitrogens with zero attached hydrogens (tertiary/aromatic N) is 3. The summed E-state index contributed by atoms with van der Waals surface area (Å²) in [7, 11) is 0. The van der Waals surface area contributed by atoms with E-state index in [0.29, 0.717) is 5.82 Å². The Hall–Kier alpha value is -1.96. The Balaban J connectivity index is 2.00. The number of halogens is 2. The van der Waals surface area contributed by atoms with Crippen molar-refractivity contribution in [3.05, 3.63) is 28.1 Å². The quantitative estimate of drug-likeness (QED) is 0.852. The minimum atomic E-state index is -2.96. The summed E-state index contributed by atoms with van der Waals surface area (Å²) >= 11 is 1.16. The first-order valence-electron chi connectivity index (χ1n) is 7.30. The number of hydrogen-bond acceptors (Lipinski definition) is 4. The van der Waals surface area contributed by atoms with Crippen LogP contribution in [0.3, 0.4) is 0 Å². The summed E-state index contributed by atoms with van der Waals surface area (Å²) in [6.07, 6.45) is 2.39. The lowest BCUT2D eigenvalue weighted by molar-refractivity contribution is -0.0498. The van der Waals surface area contributed by atoms with Crippen molar-refractivity contribution in [3.8, 4) is 5.75 Å².